The van der Waals surface area contributed by atoms with Crippen molar-refractivity contribution in [3.05, 3.63) is 16.1 Å². The molecule has 3 rings (SSSR count). The van der Waals surface area contributed by atoms with Crippen molar-refractivity contribution in [2.75, 3.05) is 26.7 Å². The average Bonchev–Trinajstić information content (AvgIpc) is 2.90. The molecule has 1 aromatic rings. The first-order valence-electron chi connectivity index (χ1n) is 7.60. The maximum atomic E-state index is 12.4. The predicted molar refractivity (Wildman–Crippen MR) is 82.8 cm³/mol. The van der Waals surface area contributed by atoms with E-state index in [1.165, 1.54) is 0 Å². The number of hydrogen-bond donors (Lipinski definition) is 0. The third kappa shape index (κ3) is 3.09. The van der Waals surface area contributed by atoms with Crippen LogP contribution in [0.3, 0.4) is 0 Å². The van der Waals surface area contributed by atoms with Crippen molar-refractivity contribution < 1.29 is 14.3 Å². The van der Waals surface area contributed by atoms with E-state index in [0.717, 1.165) is 30.1 Å². The summed E-state index contributed by atoms with van der Waals surface area (Å²) in [6.07, 6.45) is 2.51. The lowest BCUT2D eigenvalue weighted by atomic mass is 9.95. The standard InChI is InChI=1S/C15H21N3O3S/c1-11-16-12(9-22-11)8-13(19)18-6-3-4-15(5-7-18)10-17(2)14(20)21-15/h9H,3-8,10H2,1-2H3/t15-/m1/s1. The normalized spacial score (nSPS) is 25.5. The zero-order valence-corrected chi connectivity index (χ0v) is 13.8. The molecular weight excluding hydrogens is 302 g/mol. The Morgan fingerprint density at radius 2 is 2.27 bits per heavy atom. The topological polar surface area (TPSA) is 62.7 Å². The zero-order valence-electron chi connectivity index (χ0n) is 13.0. The molecule has 1 spiro atoms. The Kier molecular flexibility index (Phi) is 4.08. The number of ether oxygens (including phenoxy) is 1. The third-order valence-electron chi connectivity index (χ3n) is 4.39. The molecule has 2 amide bonds. The molecule has 0 bridgehead atoms. The van der Waals surface area contributed by atoms with Gasteiger partial charge in [-0.05, 0) is 19.8 Å². The number of hydrogen-bond acceptors (Lipinski definition) is 5. The molecule has 2 fully saturated rings. The second-order valence-electron chi connectivity index (χ2n) is 6.18. The van der Waals surface area contributed by atoms with Crippen molar-refractivity contribution in [2.45, 2.75) is 38.2 Å². The maximum absolute atomic E-state index is 12.4. The molecule has 2 aliphatic heterocycles. The Morgan fingerprint density at radius 1 is 1.45 bits per heavy atom. The molecule has 3 heterocycles. The number of amides is 2. The van der Waals surface area contributed by atoms with Crippen molar-refractivity contribution >= 4 is 23.3 Å². The highest BCUT2D eigenvalue weighted by Crippen LogP contribution is 2.32. The molecule has 120 valence electrons. The molecule has 2 saturated heterocycles. The van der Waals surface area contributed by atoms with Crippen LogP contribution in [0.4, 0.5) is 4.79 Å². The van der Waals surface area contributed by atoms with Gasteiger partial charge in [0.15, 0.2) is 0 Å². The highest BCUT2D eigenvalue weighted by atomic mass is 32.1. The van der Waals surface area contributed by atoms with E-state index in [9.17, 15) is 9.59 Å². The number of thiazole rings is 1. The zero-order chi connectivity index (χ0) is 15.7. The van der Waals surface area contributed by atoms with Gasteiger partial charge in [0.2, 0.25) is 5.91 Å². The van der Waals surface area contributed by atoms with Crippen molar-refractivity contribution in [3.63, 3.8) is 0 Å². The first kappa shape index (κ1) is 15.3. The van der Waals surface area contributed by atoms with Gasteiger partial charge in [-0.1, -0.05) is 0 Å². The molecule has 1 aromatic heterocycles. The number of rotatable bonds is 2. The van der Waals surface area contributed by atoms with Crippen molar-refractivity contribution in [1.82, 2.24) is 14.8 Å². The lowest BCUT2D eigenvalue weighted by Crippen LogP contribution is -2.37. The van der Waals surface area contributed by atoms with Crippen molar-refractivity contribution in [1.29, 1.82) is 0 Å². The van der Waals surface area contributed by atoms with Crippen LogP contribution in [0.25, 0.3) is 0 Å². The van der Waals surface area contributed by atoms with Crippen LogP contribution in [0.1, 0.15) is 30.0 Å². The Balaban J connectivity index is 1.60. The highest BCUT2D eigenvalue weighted by Gasteiger charge is 2.44. The fourth-order valence-corrected chi connectivity index (χ4v) is 3.84. The quantitative estimate of drug-likeness (QED) is 0.833. The van der Waals surface area contributed by atoms with E-state index in [1.807, 2.05) is 17.2 Å². The number of likely N-dealkylation sites (N-methyl/N-ethyl adjacent to an activating group) is 1. The van der Waals surface area contributed by atoms with Gasteiger partial charge in [0.1, 0.15) is 5.60 Å². The number of aromatic nitrogens is 1. The van der Waals surface area contributed by atoms with Gasteiger partial charge in [-0.25, -0.2) is 9.78 Å². The van der Waals surface area contributed by atoms with Crippen LogP contribution in [-0.2, 0) is 16.0 Å². The Bertz CT molecular complexity index is 588. The number of aryl methyl sites for hydroxylation is 1. The number of carbonyl (C=O) groups excluding carboxylic acids is 2. The molecule has 0 radical (unpaired) electrons. The van der Waals surface area contributed by atoms with Crippen LogP contribution in [0.15, 0.2) is 5.38 Å². The molecule has 0 saturated carbocycles. The first-order valence-corrected chi connectivity index (χ1v) is 8.48. The molecule has 1 atom stereocenters. The van der Waals surface area contributed by atoms with Gasteiger partial charge in [-0.15, -0.1) is 11.3 Å². The summed E-state index contributed by atoms with van der Waals surface area (Å²) in [5, 5.41) is 2.93. The molecule has 0 aromatic carbocycles. The third-order valence-corrected chi connectivity index (χ3v) is 5.21. The number of nitrogens with zero attached hydrogens (tertiary/aromatic N) is 3. The van der Waals surface area contributed by atoms with Crippen LogP contribution in [0, 0.1) is 6.92 Å². The fraction of sp³-hybridized carbons (Fsp3) is 0.667. The fourth-order valence-electron chi connectivity index (χ4n) is 3.23. The van der Waals surface area contributed by atoms with Gasteiger partial charge >= 0.3 is 6.09 Å². The predicted octanol–water partition coefficient (Wildman–Crippen LogP) is 1.83. The summed E-state index contributed by atoms with van der Waals surface area (Å²) >= 11 is 1.57. The minimum absolute atomic E-state index is 0.111. The minimum atomic E-state index is -0.405. The molecule has 7 heteroatoms. The maximum Gasteiger partial charge on any atom is 0.410 e. The Morgan fingerprint density at radius 3 is 2.91 bits per heavy atom. The first-order chi connectivity index (χ1) is 10.5. The highest BCUT2D eigenvalue weighted by molar-refractivity contribution is 7.09. The summed E-state index contributed by atoms with van der Waals surface area (Å²) in [4.78, 5) is 31.9. The monoisotopic (exact) mass is 323 g/mol. The van der Waals surface area contributed by atoms with Crippen LogP contribution in [0.2, 0.25) is 0 Å². The second kappa shape index (κ2) is 5.87. The van der Waals surface area contributed by atoms with Crippen molar-refractivity contribution in [3.8, 4) is 0 Å². The van der Waals surface area contributed by atoms with Crippen LogP contribution >= 0.6 is 11.3 Å². The van der Waals surface area contributed by atoms with Crippen LogP contribution in [0.5, 0.6) is 0 Å². The summed E-state index contributed by atoms with van der Waals surface area (Å²) in [6.45, 7) is 3.94. The average molecular weight is 323 g/mol. The van der Waals surface area contributed by atoms with E-state index in [-0.39, 0.29) is 12.0 Å². The van der Waals surface area contributed by atoms with Crippen molar-refractivity contribution in [2.24, 2.45) is 0 Å². The lowest BCUT2D eigenvalue weighted by molar-refractivity contribution is -0.130. The van der Waals surface area contributed by atoms with E-state index < -0.39 is 5.60 Å². The van der Waals surface area contributed by atoms with E-state index in [1.54, 1.807) is 23.3 Å². The van der Waals surface area contributed by atoms with E-state index in [2.05, 4.69) is 4.98 Å². The van der Waals surface area contributed by atoms with Gasteiger partial charge in [-0.3, -0.25) is 4.79 Å². The smallest absolute Gasteiger partial charge is 0.410 e. The van der Waals surface area contributed by atoms with E-state index >= 15 is 0 Å². The molecule has 22 heavy (non-hydrogen) atoms. The SMILES string of the molecule is Cc1nc(CC(=O)N2CCC[C@@]3(CC2)CN(C)C(=O)O3)cs1. The summed E-state index contributed by atoms with van der Waals surface area (Å²) in [5.41, 5.74) is 0.441. The summed E-state index contributed by atoms with van der Waals surface area (Å²) in [5.74, 6) is 0.111. The van der Waals surface area contributed by atoms with E-state index in [4.69, 9.17) is 4.74 Å². The second-order valence-corrected chi connectivity index (χ2v) is 7.24. The van der Waals surface area contributed by atoms with E-state index in [0.29, 0.717) is 25.9 Å². The summed E-state index contributed by atoms with van der Waals surface area (Å²) < 4.78 is 5.57. The van der Waals surface area contributed by atoms with Gasteiger partial charge in [0.25, 0.3) is 0 Å². The summed E-state index contributed by atoms with van der Waals surface area (Å²) in [7, 11) is 1.76. The lowest BCUT2D eigenvalue weighted by Gasteiger charge is -2.25. The molecule has 2 aliphatic rings. The molecule has 0 unspecified atom stereocenters. The van der Waals surface area contributed by atoms with Gasteiger partial charge < -0.3 is 14.5 Å². The largest absolute Gasteiger partial charge is 0.441 e. The van der Waals surface area contributed by atoms with Gasteiger partial charge in [-0.2, -0.15) is 0 Å². The molecule has 0 N–H and O–H groups in total. The Labute approximate surface area is 134 Å². The Hall–Kier alpha value is -1.63. The number of likely N-dealkylation sites (tertiary alicyclic amines) is 1. The van der Waals surface area contributed by atoms with Gasteiger partial charge in [0.05, 0.1) is 23.7 Å². The number of carbonyl (C=O) groups is 2. The van der Waals surface area contributed by atoms with Gasteiger partial charge in [0, 0.05) is 31.9 Å². The molecule has 0 aliphatic carbocycles. The molecule has 6 nitrogen and oxygen atoms in total. The van der Waals surface area contributed by atoms with Crippen LogP contribution in [-0.4, -0.2) is 59.1 Å². The van der Waals surface area contributed by atoms with Crippen LogP contribution < -0.4 is 0 Å². The minimum Gasteiger partial charge on any atom is -0.441 e. The molecular formula is C15H21N3O3S. The summed E-state index contributed by atoms with van der Waals surface area (Å²) in [6, 6.07) is 0.